The molecule has 2 rings (SSSR count). The van der Waals surface area contributed by atoms with Crippen LogP contribution in [0, 0.1) is 12.7 Å². The second-order valence-corrected chi connectivity index (χ2v) is 5.79. The third kappa shape index (κ3) is 2.53. The monoisotopic (exact) mass is 278 g/mol. The normalized spacial score (nSPS) is 21.9. The van der Waals surface area contributed by atoms with Crippen molar-refractivity contribution in [1.82, 2.24) is 10.2 Å². The van der Waals surface area contributed by atoms with Gasteiger partial charge in [-0.1, -0.05) is 6.07 Å². The number of carbonyl (C=O) groups is 2. The van der Waals surface area contributed by atoms with Crippen LogP contribution in [0.2, 0.25) is 0 Å². The second-order valence-electron chi connectivity index (χ2n) is 5.79. The van der Waals surface area contributed by atoms with Crippen molar-refractivity contribution in [2.24, 2.45) is 0 Å². The van der Waals surface area contributed by atoms with Gasteiger partial charge >= 0.3 is 0 Å². The number of carbonyl (C=O) groups excluding carboxylic acids is 2. The van der Waals surface area contributed by atoms with E-state index >= 15 is 0 Å². The van der Waals surface area contributed by atoms with Gasteiger partial charge in [0.15, 0.2) is 0 Å². The summed E-state index contributed by atoms with van der Waals surface area (Å²) in [5.74, 6) is -0.606. The molecule has 4 nitrogen and oxygen atoms in total. The van der Waals surface area contributed by atoms with Crippen molar-refractivity contribution in [2.45, 2.75) is 45.8 Å². The summed E-state index contributed by atoms with van der Waals surface area (Å²) in [4.78, 5) is 25.9. The lowest BCUT2D eigenvalue weighted by atomic mass is 9.96. The molecule has 1 N–H and O–H groups in total. The van der Waals surface area contributed by atoms with E-state index in [0.717, 1.165) is 11.1 Å². The lowest BCUT2D eigenvalue weighted by molar-refractivity contribution is -0.153. The molecule has 1 unspecified atom stereocenters. The average Bonchev–Trinajstić information content (AvgIpc) is 2.34. The van der Waals surface area contributed by atoms with Crippen molar-refractivity contribution in [1.29, 1.82) is 0 Å². The van der Waals surface area contributed by atoms with E-state index in [1.165, 1.54) is 12.1 Å². The molecule has 0 spiro atoms. The largest absolute Gasteiger partial charge is 0.340 e. The van der Waals surface area contributed by atoms with Crippen LogP contribution in [-0.2, 0) is 16.1 Å². The van der Waals surface area contributed by atoms with E-state index < -0.39 is 11.6 Å². The van der Waals surface area contributed by atoms with E-state index in [4.69, 9.17) is 0 Å². The quantitative estimate of drug-likeness (QED) is 0.896. The van der Waals surface area contributed by atoms with Crippen LogP contribution in [0.5, 0.6) is 0 Å². The molecule has 1 aromatic carbocycles. The molecule has 108 valence electrons. The van der Waals surface area contributed by atoms with E-state index in [1.54, 1.807) is 38.7 Å². The number of piperazine rings is 1. The van der Waals surface area contributed by atoms with Crippen LogP contribution < -0.4 is 5.32 Å². The predicted octanol–water partition coefficient (Wildman–Crippen LogP) is 1.76. The molecule has 5 heteroatoms. The Hall–Kier alpha value is -1.91. The number of benzene rings is 1. The zero-order valence-corrected chi connectivity index (χ0v) is 12.2. The van der Waals surface area contributed by atoms with E-state index in [-0.39, 0.29) is 17.6 Å². The fraction of sp³-hybridized carbons (Fsp3) is 0.467. The van der Waals surface area contributed by atoms with E-state index in [0.29, 0.717) is 6.54 Å². The molecule has 0 saturated carbocycles. The van der Waals surface area contributed by atoms with Crippen LogP contribution in [0.4, 0.5) is 4.39 Å². The van der Waals surface area contributed by atoms with Gasteiger partial charge in [0.05, 0.1) is 0 Å². The van der Waals surface area contributed by atoms with Gasteiger partial charge in [-0.3, -0.25) is 9.59 Å². The SMILES string of the molecule is Cc1cc(F)ccc1CN1C(=O)C(C)(C)NC(=O)C1C. The molecule has 2 amide bonds. The minimum absolute atomic E-state index is 0.131. The molecule has 0 bridgehead atoms. The number of nitrogens with zero attached hydrogens (tertiary/aromatic N) is 1. The Morgan fingerprint density at radius 3 is 2.60 bits per heavy atom. The van der Waals surface area contributed by atoms with Gasteiger partial charge in [-0.15, -0.1) is 0 Å². The van der Waals surface area contributed by atoms with Crippen molar-refractivity contribution in [2.75, 3.05) is 0 Å². The van der Waals surface area contributed by atoms with E-state index in [2.05, 4.69) is 5.32 Å². The highest BCUT2D eigenvalue weighted by molar-refractivity contribution is 5.99. The number of nitrogens with one attached hydrogen (secondary N) is 1. The number of hydrogen-bond donors (Lipinski definition) is 1. The highest BCUT2D eigenvalue weighted by atomic mass is 19.1. The summed E-state index contributed by atoms with van der Waals surface area (Å²) in [6.07, 6.45) is 0. The third-order valence-electron chi connectivity index (χ3n) is 3.72. The molecule has 1 saturated heterocycles. The predicted molar refractivity (Wildman–Crippen MR) is 73.4 cm³/mol. The van der Waals surface area contributed by atoms with Crippen molar-refractivity contribution < 1.29 is 14.0 Å². The van der Waals surface area contributed by atoms with Crippen LogP contribution in [-0.4, -0.2) is 28.3 Å². The third-order valence-corrected chi connectivity index (χ3v) is 3.72. The Morgan fingerprint density at radius 2 is 2.00 bits per heavy atom. The summed E-state index contributed by atoms with van der Waals surface area (Å²) in [6, 6.07) is 3.93. The number of rotatable bonds is 2. The van der Waals surface area contributed by atoms with Crippen LogP contribution >= 0.6 is 0 Å². The molecule has 1 aromatic rings. The summed E-state index contributed by atoms with van der Waals surface area (Å²) in [5.41, 5.74) is 0.711. The van der Waals surface area contributed by atoms with E-state index in [1.807, 2.05) is 0 Å². The molecular formula is C15H19FN2O2. The molecule has 20 heavy (non-hydrogen) atoms. The van der Waals surface area contributed by atoms with Crippen LogP contribution in [0.25, 0.3) is 0 Å². The molecule has 0 radical (unpaired) electrons. The zero-order valence-electron chi connectivity index (χ0n) is 12.2. The second kappa shape index (κ2) is 4.89. The lowest BCUT2D eigenvalue weighted by Crippen LogP contribution is -2.67. The minimum atomic E-state index is -0.905. The van der Waals surface area contributed by atoms with Gasteiger partial charge in [0, 0.05) is 6.54 Å². The standard InChI is InChI=1S/C15H19FN2O2/c1-9-7-12(16)6-5-11(9)8-18-10(2)13(19)17-15(3,4)14(18)20/h5-7,10H,8H2,1-4H3,(H,17,19). The molecule has 0 aromatic heterocycles. The van der Waals surface area contributed by atoms with Gasteiger partial charge in [-0.2, -0.15) is 0 Å². The van der Waals surface area contributed by atoms with Gasteiger partial charge in [0.25, 0.3) is 0 Å². The summed E-state index contributed by atoms with van der Waals surface area (Å²) in [6.45, 7) is 7.17. The fourth-order valence-electron chi connectivity index (χ4n) is 2.37. The molecule has 1 atom stereocenters. The molecule has 0 aliphatic carbocycles. The van der Waals surface area contributed by atoms with Crippen molar-refractivity contribution in [3.63, 3.8) is 0 Å². The molecule has 1 heterocycles. The van der Waals surface area contributed by atoms with Gasteiger partial charge < -0.3 is 10.2 Å². The minimum Gasteiger partial charge on any atom is -0.340 e. The summed E-state index contributed by atoms with van der Waals surface area (Å²) < 4.78 is 13.1. The summed E-state index contributed by atoms with van der Waals surface area (Å²) >= 11 is 0. The molecule has 1 aliphatic heterocycles. The van der Waals surface area contributed by atoms with Crippen LogP contribution in [0.15, 0.2) is 18.2 Å². The van der Waals surface area contributed by atoms with Crippen molar-refractivity contribution >= 4 is 11.8 Å². The smallest absolute Gasteiger partial charge is 0.248 e. The Kier molecular flexibility index (Phi) is 3.54. The average molecular weight is 278 g/mol. The first kappa shape index (κ1) is 14.5. The van der Waals surface area contributed by atoms with Crippen molar-refractivity contribution in [3.05, 3.63) is 35.1 Å². The first-order chi connectivity index (χ1) is 9.22. The first-order valence-electron chi connectivity index (χ1n) is 6.60. The van der Waals surface area contributed by atoms with Gasteiger partial charge in [-0.05, 0) is 51.0 Å². The highest BCUT2D eigenvalue weighted by Crippen LogP contribution is 2.22. The highest BCUT2D eigenvalue weighted by Gasteiger charge is 2.43. The Labute approximate surface area is 118 Å². The number of amides is 2. The van der Waals surface area contributed by atoms with Crippen LogP contribution in [0.1, 0.15) is 31.9 Å². The van der Waals surface area contributed by atoms with Crippen LogP contribution in [0.3, 0.4) is 0 Å². The Balaban J connectivity index is 2.30. The van der Waals surface area contributed by atoms with Gasteiger partial charge in [-0.25, -0.2) is 4.39 Å². The Morgan fingerprint density at radius 1 is 1.35 bits per heavy atom. The summed E-state index contributed by atoms with van der Waals surface area (Å²) in [5, 5.41) is 2.70. The topological polar surface area (TPSA) is 49.4 Å². The maximum Gasteiger partial charge on any atom is 0.248 e. The number of halogens is 1. The molecule has 1 fully saturated rings. The maximum absolute atomic E-state index is 13.1. The first-order valence-corrected chi connectivity index (χ1v) is 6.60. The van der Waals surface area contributed by atoms with E-state index in [9.17, 15) is 14.0 Å². The number of hydrogen-bond acceptors (Lipinski definition) is 2. The molecule has 1 aliphatic rings. The zero-order chi connectivity index (χ0) is 15.1. The summed E-state index contributed by atoms with van der Waals surface area (Å²) in [7, 11) is 0. The van der Waals surface area contributed by atoms with Gasteiger partial charge in [0.2, 0.25) is 11.8 Å². The van der Waals surface area contributed by atoms with Crippen molar-refractivity contribution in [3.8, 4) is 0 Å². The maximum atomic E-state index is 13.1. The lowest BCUT2D eigenvalue weighted by Gasteiger charge is -2.41. The molecular weight excluding hydrogens is 259 g/mol. The number of aryl methyl sites for hydroxylation is 1. The Bertz CT molecular complexity index is 569. The van der Waals surface area contributed by atoms with Gasteiger partial charge in [0.1, 0.15) is 17.4 Å². The fourth-order valence-corrected chi connectivity index (χ4v) is 2.37.